The van der Waals surface area contributed by atoms with Gasteiger partial charge in [-0.15, -0.1) is 0 Å². The molecule has 0 aliphatic rings. The zero-order valence-corrected chi connectivity index (χ0v) is 23.6. The first-order chi connectivity index (χ1) is 19.0. The molecule has 10 heteroatoms. The third-order valence-corrected chi connectivity index (χ3v) is 6.01. The van der Waals surface area contributed by atoms with Crippen molar-refractivity contribution in [3.63, 3.8) is 0 Å². The minimum absolute atomic E-state index is 0.279. The molecule has 1 unspecified atom stereocenters. The molecule has 40 heavy (non-hydrogen) atoms. The normalized spacial score (nSPS) is 11.9. The van der Waals surface area contributed by atoms with E-state index in [1.807, 2.05) is 44.2 Å². The van der Waals surface area contributed by atoms with Crippen molar-refractivity contribution in [2.45, 2.75) is 53.2 Å². The van der Waals surface area contributed by atoms with Gasteiger partial charge >= 0.3 is 6.09 Å². The lowest BCUT2D eigenvalue weighted by atomic mass is 10.0. The number of carbonyl (C=O) groups excluding carboxylic acids is 2. The van der Waals surface area contributed by atoms with E-state index in [1.165, 1.54) is 0 Å². The van der Waals surface area contributed by atoms with Crippen molar-refractivity contribution in [2.75, 3.05) is 12.4 Å². The van der Waals surface area contributed by atoms with Crippen molar-refractivity contribution in [1.82, 2.24) is 25.6 Å². The number of hydrogen-bond donors (Lipinski definition) is 2. The molecule has 0 bridgehead atoms. The van der Waals surface area contributed by atoms with Gasteiger partial charge in [-0.25, -0.2) is 20.2 Å². The number of rotatable bonds is 5. The monoisotopic (exact) mass is 540 g/mol. The van der Waals surface area contributed by atoms with Crippen LogP contribution >= 0.6 is 0 Å². The highest BCUT2D eigenvalue weighted by molar-refractivity contribution is 5.95. The quantitative estimate of drug-likeness (QED) is 0.268. The van der Waals surface area contributed by atoms with Gasteiger partial charge in [-0.2, -0.15) is 0 Å². The molecule has 3 heterocycles. The number of hydrogen-bond acceptors (Lipinski definition) is 8. The number of amides is 2. The molecule has 206 valence electrons. The topological polar surface area (TPSA) is 122 Å². The molecule has 0 saturated heterocycles. The first-order valence-corrected chi connectivity index (χ1v) is 12.8. The molecule has 2 N–H and O–H groups in total. The second-order valence-electron chi connectivity index (χ2n) is 10.2. The highest BCUT2D eigenvalue weighted by atomic mass is 16.6. The summed E-state index contributed by atoms with van der Waals surface area (Å²) in [4.78, 5) is 34.5. The molecule has 10 nitrogen and oxygen atoms in total. The number of benzene rings is 1. The summed E-state index contributed by atoms with van der Waals surface area (Å²) >= 11 is 0. The molecule has 1 atom stereocenters. The number of pyridine rings is 2. The van der Waals surface area contributed by atoms with E-state index in [9.17, 15) is 9.59 Å². The van der Waals surface area contributed by atoms with Crippen LogP contribution in [0.2, 0.25) is 0 Å². The minimum atomic E-state index is -0.898. The molecule has 2 amide bonds. The van der Waals surface area contributed by atoms with Crippen molar-refractivity contribution < 1.29 is 18.8 Å². The Morgan fingerprint density at radius 2 is 1.85 bits per heavy atom. The fraction of sp³-hybridized carbons (Fsp3) is 0.300. The fourth-order valence-electron chi connectivity index (χ4n) is 4.09. The van der Waals surface area contributed by atoms with Gasteiger partial charge in [-0.1, -0.05) is 17.1 Å². The molecule has 0 radical (unpaired) electrons. The molecular weight excluding hydrogens is 508 g/mol. The number of carbonyl (C=O) groups is 2. The van der Waals surface area contributed by atoms with Gasteiger partial charge in [0.25, 0.3) is 0 Å². The van der Waals surface area contributed by atoms with E-state index < -0.39 is 23.6 Å². The van der Waals surface area contributed by atoms with Crippen LogP contribution in [-0.4, -0.2) is 50.8 Å². The Hall–Kier alpha value is -4.75. The summed E-state index contributed by atoms with van der Waals surface area (Å²) < 4.78 is 10.8. The van der Waals surface area contributed by atoms with Crippen molar-refractivity contribution in [2.24, 2.45) is 0 Å². The summed E-state index contributed by atoms with van der Waals surface area (Å²) in [5, 5.41) is 10.0. The molecule has 0 saturated carbocycles. The largest absolute Gasteiger partial charge is 0.443 e. The number of fused-ring (bicyclic) bond motifs is 1. The van der Waals surface area contributed by atoms with Crippen LogP contribution in [0.1, 0.15) is 50.4 Å². The predicted octanol–water partition coefficient (Wildman–Crippen LogP) is 5.00. The van der Waals surface area contributed by atoms with Gasteiger partial charge in [-0.05, 0) is 83.2 Å². The van der Waals surface area contributed by atoms with Crippen LogP contribution in [-0.2, 0) is 9.53 Å². The van der Waals surface area contributed by atoms with E-state index in [0.717, 1.165) is 32.5 Å². The Morgan fingerprint density at radius 3 is 2.52 bits per heavy atom. The Labute approximate surface area is 233 Å². The zero-order valence-electron chi connectivity index (χ0n) is 23.6. The SMILES string of the molecule is CNN(C(=O)OC(C)(C)C)C(C)C(=O)Nc1ccc(-c2c(C)noc2C)c(C#Cc2ccc3cnccc3c2)n1. The third-order valence-electron chi connectivity index (χ3n) is 6.01. The summed E-state index contributed by atoms with van der Waals surface area (Å²) in [5.41, 5.74) is 5.47. The van der Waals surface area contributed by atoms with Gasteiger partial charge in [0.15, 0.2) is 0 Å². The smallest absolute Gasteiger partial charge is 0.425 e. The van der Waals surface area contributed by atoms with Gasteiger partial charge in [-0.3, -0.25) is 9.78 Å². The average molecular weight is 541 g/mol. The van der Waals surface area contributed by atoms with Crippen molar-refractivity contribution in [3.8, 4) is 23.0 Å². The Balaban J connectivity index is 1.67. The van der Waals surface area contributed by atoms with Gasteiger partial charge in [0.1, 0.15) is 28.9 Å². The lowest BCUT2D eigenvalue weighted by Gasteiger charge is -2.30. The third kappa shape index (κ3) is 6.45. The average Bonchev–Trinajstić information content (AvgIpc) is 3.24. The van der Waals surface area contributed by atoms with Gasteiger partial charge in [0.2, 0.25) is 5.91 Å². The number of aryl methyl sites for hydroxylation is 2. The maximum absolute atomic E-state index is 13.1. The summed E-state index contributed by atoms with van der Waals surface area (Å²) in [7, 11) is 1.54. The molecular formula is C30H32N6O4. The highest BCUT2D eigenvalue weighted by Gasteiger charge is 2.29. The van der Waals surface area contributed by atoms with Crippen LogP contribution < -0.4 is 10.7 Å². The zero-order chi connectivity index (χ0) is 29.0. The van der Waals surface area contributed by atoms with Crippen LogP contribution in [0.3, 0.4) is 0 Å². The molecule has 4 aromatic rings. The second-order valence-corrected chi connectivity index (χ2v) is 10.2. The van der Waals surface area contributed by atoms with Crippen LogP contribution in [0.25, 0.3) is 21.9 Å². The Morgan fingerprint density at radius 1 is 1.07 bits per heavy atom. The van der Waals surface area contributed by atoms with Crippen molar-refractivity contribution in [1.29, 1.82) is 0 Å². The summed E-state index contributed by atoms with van der Waals surface area (Å²) in [6.45, 7) is 10.5. The first-order valence-electron chi connectivity index (χ1n) is 12.8. The first kappa shape index (κ1) is 28.3. The number of nitrogens with zero attached hydrogens (tertiary/aromatic N) is 4. The fourth-order valence-corrected chi connectivity index (χ4v) is 4.09. The van der Waals surface area contributed by atoms with Crippen molar-refractivity contribution >= 4 is 28.6 Å². The van der Waals surface area contributed by atoms with Gasteiger partial charge in [0.05, 0.1) is 11.3 Å². The standard InChI is InChI=1S/C30H32N6O4/c1-18-27(20(3)40-35-18)24-11-13-26(34-28(37)19(2)36(31-7)29(38)39-30(4,5)6)33-25(24)12-9-21-8-10-23-17-32-15-14-22(23)16-21/h8,10-11,13-17,19,31H,1-7H3,(H,33,34,37). The maximum Gasteiger partial charge on any atom is 0.425 e. The molecule has 3 aromatic heterocycles. The number of ether oxygens (including phenoxy) is 1. The van der Waals surface area contributed by atoms with Crippen LogP contribution in [0, 0.1) is 25.7 Å². The van der Waals surface area contributed by atoms with Gasteiger partial charge < -0.3 is 14.6 Å². The Bertz CT molecular complexity index is 1610. The maximum atomic E-state index is 13.1. The van der Waals surface area contributed by atoms with Crippen LogP contribution in [0.15, 0.2) is 53.3 Å². The molecule has 0 aliphatic heterocycles. The lowest BCUT2D eigenvalue weighted by molar-refractivity contribution is -0.121. The minimum Gasteiger partial charge on any atom is -0.443 e. The summed E-state index contributed by atoms with van der Waals surface area (Å²) in [6.07, 6.45) is 2.87. The molecule has 4 rings (SSSR count). The van der Waals surface area contributed by atoms with E-state index >= 15 is 0 Å². The lowest BCUT2D eigenvalue weighted by Crippen LogP contribution is -2.53. The number of anilines is 1. The Kier molecular flexibility index (Phi) is 8.16. The van der Waals surface area contributed by atoms with E-state index in [-0.39, 0.29) is 5.82 Å². The molecule has 0 spiro atoms. The highest BCUT2D eigenvalue weighted by Crippen LogP contribution is 2.30. The predicted molar refractivity (Wildman–Crippen MR) is 152 cm³/mol. The molecule has 0 fully saturated rings. The molecule has 1 aromatic carbocycles. The summed E-state index contributed by atoms with van der Waals surface area (Å²) in [5.74, 6) is 6.80. The van der Waals surface area contributed by atoms with Crippen molar-refractivity contribution in [3.05, 3.63) is 71.5 Å². The number of aromatic nitrogens is 3. The van der Waals surface area contributed by atoms with E-state index in [1.54, 1.807) is 53.2 Å². The molecule has 0 aliphatic carbocycles. The second kappa shape index (κ2) is 11.6. The number of hydrazine groups is 1. The van der Waals surface area contributed by atoms with E-state index in [2.05, 4.69) is 37.7 Å². The van der Waals surface area contributed by atoms with Crippen LogP contribution in [0.5, 0.6) is 0 Å². The summed E-state index contributed by atoms with van der Waals surface area (Å²) in [6, 6.07) is 10.4. The van der Waals surface area contributed by atoms with E-state index in [0.29, 0.717) is 17.1 Å². The van der Waals surface area contributed by atoms with Crippen LogP contribution in [0.4, 0.5) is 10.6 Å². The van der Waals surface area contributed by atoms with Gasteiger partial charge in [0, 0.05) is 36.0 Å². The number of nitrogens with one attached hydrogen (secondary N) is 2. The van der Waals surface area contributed by atoms with E-state index in [4.69, 9.17) is 9.26 Å².